The number of nitrogens with zero attached hydrogens (tertiary/aromatic N) is 3. The predicted molar refractivity (Wildman–Crippen MR) is 145 cm³/mol. The summed E-state index contributed by atoms with van der Waals surface area (Å²) in [6.45, 7) is 3.72. The van der Waals surface area contributed by atoms with Crippen molar-refractivity contribution in [2.45, 2.75) is 25.8 Å². The highest BCUT2D eigenvalue weighted by atomic mass is 16.5. The van der Waals surface area contributed by atoms with Crippen molar-refractivity contribution in [3.05, 3.63) is 112 Å². The van der Waals surface area contributed by atoms with Gasteiger partial charge in [-0.3, -0.25) is 0 Å². The van der Waals surface area contributed by atoms with Crippen LogP contribution in [0, 0.1) is 22.7 Å². The van der Waals surface area contributed by atoms with Crippen LogP contribution in [0.1, 0.15) is 25.8 Å². The zero-order chi connectivity index (χ0) is 26.3. The van der Waals surface area contributed by atoms with E-state index in [1.54, 1.807) is 6.08 Å². The first-order valence-corrected chi connectivity index (χ1v) is 11.8. The molecule has 184 valence electrons. The van der Waals surface area contributed by atoms with Crippen molar-refractivity contribution in [2.24, 2.45) is 0 Å². The van der Waals surface area contributed by atoms with E-state index < -0.39 is 0 Å². The van der Waals surface area contributed by atoms with Crippen LogP contribution in [0.15, 0.2) is 106 Å². The largest absolute Gasteiger partial charge is 0.459 e. The molecule has 0 amide bonds. The van der Waals surface area contributed by atoms with Gasteiger partial charge in [-0.05, 0) is 45.0 Å². The van der Waals surface area contributed by atoms with Crippen molar-refractivity contribution in [3.63, 3.8) is 0 Å². The molecule has 0 spiro atoms. The van der Waals surface area contributed by atoms with Crippen molar-refractivity contribution < 1.29 is 4.74 Å². The van der Waals surface area contributed by atoms with Crippen LogP contribution in [0.5, 0.6) is 0 Å². The lowest BCUT2D eigenvalue weighted by Crippen LogP contribution is -2.40. The molecule has 1 aromatic carbocycles. The molecule has 0 fully saturated rings. The Hall–Kier alpha value is -4.26. The minimum absolute atomic E-state index is 0.0659. The maximum absolute atomic E-state index is 9.54. The van der Waals surface area contributed by atoms with Crippen LogP contribution in [0.2, 0.25) is 0 Å². The summed E-state index contributed by atoms with van der Waals surface area (Å²) < 4.78 is 6.27. The Labute approximate surface area is 214 Å². The number of rotatable bonds is 7. The minimum Gasteiger partial charge on any atom is -0.459 e. The van der Waals surface area contributed by atoms with Crippen molar-refractivity contribution >= 4 is 5.57 Å². The molecule has 0 bridgehead atoms. The number of likely N-dealkylation sites (N-methyl/N-ethyl adjacent to an activating group) is 3. The quantitative estimate of drug-likeness (QED) is 0.419. The summed E-state index contributed by atoms with van der Waals surface area (Å²) in [6.07, 6.45) is 13.3. The zero-order valence-corrected chi connectivity index (χ0v) is 21.8. The van der Waals surface area contributed by atoms with Gasteiger partial charge in [0.25, 0.3) is 0 Å². The molecule has 0 aromatic heterocycles. The maximum Gasteiger partial charge on any atom is 0.154 e. The molecule has 1 heterocycles. The van der Waals surface area contributed by atoms with Gasteiger partial charge in [0.15, 0.2) is 5.76 Å². The molecular formula is C30H33N5O. The van der Waals surface area contributed by atoms with E-state index in [4.69, 9.17) is 4.74 Å². The molecule has 3 rings (SSSR count). The molecule has 1 aliphatic carbocycles. The van der Waals surface area contributed by atoms with Crippen LogP contribution in [-0.2, 0) is 4.74 Å². The fourth-order valence-electron chi connectivity index (χ4n) is 4.29. The fraction of sp³-hybridized carbons (Fsp3) is 0.267. The highest BCUT2D eigenvalue weighted by Gasteiger charge is 2.27. The van der Waals surface area contributed by atoms with Gasteiger partial charge in [-0.1, -0.05) is 54.6 Å². The van der Waals surface area contributed by atoms with Gasteiger partial charge in [0.05, 0.1) is 11.2 Å². The highest BCUT2D eigenvalue weighted by molar-refractivity contribution is 5.80. The van der Waals surface area contributed by atoms with Gasteiger partial charge in [0.1, 0.15) is 23.5 Å². The van der Waals surface area contributed by atoms with E-state index in [-0.39, 0.29) is 11.1 Å². The van der Waals surface area contributed by atoms with Crippen LogP contribution in [-0.4, -0.2) is 38.6 Å². The average molecular weight is 480 g/mol. The smallest absolute Gasteiger partial charge is 0.154 e. The third-order valence-electron chi connectivity index (χ3n) is 6.37. The van der Waals surface area contributed by atoms with Gasteiger partial charge in [0, 0.05) is 43.6 Å². The standard InChI is InChI=1S/C30H33N5O/c1-21-18-27(24(19-31)20-32)22(2)29(36-21)28(35(5)6)26(23-10-8-7-9-11-23)14-17-30(34-4)15-12-25(33-3)13-16-30/h7-15,17-18,33-34H,16H2,1-6H3. The molecular weight excluding hydrogens is 446 g/mol. The lowest BCUT2D eigenvalue weighted by atomic mass is 9.88. The molecule has 6 heteroatoms. The summed E-state index contributed by atoms with van der Waals surface area (Å²) in [6, 6.07) is 14.2. The van der Waals surface area contributed by atoms with Gasteiger partial charge in [-0.2, -0.15) is 10.5 Å². The van der Waals surface area contributed by atoms with Crippen molar-refractivity contribution in [1.82, 2.24) is 15.5 Å². The molecule has 0 radical (unpaired) electrons. The summed E-state index contributed by atoms with van der Waals surface area (Å²) in [5.41, 5.74) is 4.98. The summed E-state index contributed by atoms with van der Waals surface area (Å²) in [5.74, 6) is 1.24. The maximum atomic E-state index is 9.54. The Bertz CT molecular complexity index is 1290. The van der Waals surface area contributed by atoms with E-state index in [2.05, 4.69) is 53.1 Å². The van der Waals surface area contributed by atoms with Gasteiger partial charge in [-0.15, -0.1) is 0 Å². The summed E-state index contributed by atoms with van der Waals surface area (Å²) in [4.78, 5) is 2.02. The Morgan fingerprint density at radius 1 is 1.11 bits per heavy atom. The number of nitrogens with one attached hydrogen (secondary N) is 2. The molecule has 2 N–H and O–H groups in total. The van der Waals surface area contributed by atoms with Crippen LogP contribution in [0.4, 0.5) is 0 Å². The van der Waals surface area contributed by atoms with Crippen LogP contribution >= 0.6 is 0 Å². The van der Waals surface area contributed by atoms with Gasteiger partial charge >= 0.3 is 0 Å². The van der Waals surface area contributed by atoms with E-state index in [0.717, 1.165) is 34.5 Å². The first-order chi connectivity index (χ1) is 17.3. The number of allylic oxidation sites excluding steroid dienone is 8. The van der Waals surface area contributed by atoms with Gasteiger partial charge in [0.2, 0.25) is 0 Å². The third-order valence-corrected chi connectivity index (χ3v) is 6.37. The molecule has 0 saturated carbocycles. The number of ether oxygens (including phenoxy) is 1. The zero-order valence-electron chi connectivity index (χ0n) is 21.8. The molecule has 1 unspecified atom stereocenters. The second kappa shape index (κ2) is 11.4. The predicted octanol–water partition coefficient (Wildman–Crippen LogP) is 5.09. The molecule has 1 aromatic rings. The van der Waals surface area contributed by atoms with E-state index in [0.29, 0.717) is 17.1 Å². The van der Waals surface area contributed by atoms with Gasteiger partial charge in [-0.25, -0.2) is 0 Å². The van der Waals surface area contributed by atoms with E-state index in [1.807, 2.05) is 77.3 Å². The Balaban J connectivity index is 2.28. The van der Waals surface area contributed by atoms with E-state index >= 15 is 0 Å². The first-order valence-electron chi connectivity index (χ1n) is 11.8. The monoisotopic (exact) mass is 479 g/mol. The molecule has 1 atom stereocenters. The number of benzene rings is 1. The molecule has 1 aliphatic heterocycles. The van der Waals surface area contributed by atoms with Crippen LogP contribution < -0.4 is 10.6 Å². The van der Waals surface area contributed by atoms with Crippen LogP contribution in [0.3, 0.4) is 0 Å². The van der Waals surface area contributed by atoms with E-state index in [9.17, 15) is 10.5 Å². The van der Waals surface area contributed by atoms with E-state index in [1.165, 1.54) is 0 Å². The normalized spacial score (nSPS) is 20.1. The molecule has 2 aliphatic rings. The number of hydrogen-bond acceptors (Lipinski definition) is 6. The molecule has 6 nitrogen and oxygen atoms in total. The summed E-state index contributed by atoms with van der Waals surface area (Å²) in [5, 5.41) is 25.7. The second-order valence-corrected chi connectivity index (χ2v) is 8.92. The highest BCUT2D eigenvalue weighted by Crippen LogP contribution is 2.37. The topological polar surface area (TPSA) is 84.1 Å². The first kappa shape index (κ1) is 26.3. The van der Waals surface area contributed by atoms with Crippen molar-refractivity contribution in [2.75, 3.05) is 28.2 Å². The molecule has 0 saturated heterocycles. The number of nitriles is 2. The Morgan fingerprint density at radius 3 is 2.33 bits per heavy atom. The van der Waals surface area contributed by atoms with Crippen molar-refractivity contribution in [1.29, 1.82) is 10.5 Å². The average Bonchev–Trinajstić information content (AvgIpc) is 2.89. The van der Waals surface area contributed by atoms with Gasteiger partial charge < -0.3 is 20.3 Å². The number of hydrogen-bond donors (Lipinski definition) is 2. The third kappa shape index (κ3) is 5.51. The van der Waals surface area contributed by atoms with Crippen molar-refractivity contribution in [3.8, 4) is 12.1 Å². The fourth-order valence-corrected chi connectivity index (χ4v) is 4.29. The molecule has 36 heavy (non-hydrogen) atoms. The summed E-state index contributed by atoms with van der Waals surface area (Å²) in [7, 11) is 7.82. The lowest BCUT2D eigenvalue weighted by Gasteiger charge is -2.30. The Kier molecular flexibility index (Phi) is 8.38. The van der Waals surface area contributed by atoms with Crippen LogP contribution in [0.25, 0.3) is 5.57 Å². The summed E-state index contributed by atoms with van der Waals surface area (Å²) >= 11 is 0. The second-order valence-electron chi connectivity index (χ2n) is 8.92. The SMILES string of the molecule is CNC1=CCC(C=CC(=C(C2=C(C)C(=C(C#N)C#N)C=C(C)O2)N(C)C)c2ccccc2)(NC)C=C1. The minimum atomic E-state index is -0.343. The Morgan fingerprint density at radius 2 is 1.81 bits per heavy atom. The lowest BCUT2D eigenvalue weighted by molar-refractivity contribution is 0.285.